The topological polar surface area (TPSA) is 46.3 Å². The van der Waals surface area contributed by atoms with Crippen LogP contribution in [0.2, 0.25) is 5.02 Å². The number of benzene rings is 1. The van der Waals surface area contributed by atoms with Crippen LogP contribution in [0.25, 0.3) is 0 Å². The Morgan fingerprint density at radius 2 is 2.10 bits per heavy atom. The molecule has 0 radical (unpaired) electrons. The molecule has 0 fully saturated rings. The molecule has 3 nitrogen and oxygen atoms in total. The van der Waals surface area contributed by atoms with E-state index in [0.29, 0.717) is 19.6 Å². The fourth-order valence-electron chi connectivity index (χ4n) is 1.96. The molecular formula is C15H22ClFN2O. The fraction of sp³-hybridized carbons (Fsp3) is 0.533. The van der Waals surface area contributed by atoms with Crippen molar-refractivity contribution in [3.63, 3.8) is 0 Å². The van der Waals surface area contributed by atoms with Crippen LogP contribution >= 0.6 is 11.6 Å². The summed E-state index contributed by atoms with van der Waals surface area (Å²) in [5, 5.41) is 0.140. The summed E-state index contributed by atoms with van der Waals surface area (Å²) in [7, 11) is 0. The molecular weight excluding hydrogens is 279 g/mol. The minimum absolute atomic E-state index is 0.0598. The van der Waals surface area contributed by atoms with Gasteiger partial charge in [0.05, 0.1) is 10.6 Å². The molecule has 0 spiro atoms. The van der Waals surface area contributed by atoms with Crippen LogP contribution in [-0.2, 0) is 0 Å². The van der Waals surface area contributed by atoms with Crippen LogP contribution in [0.3, 0.4) is 0 Å². The molecule has 0 saturated carbocycles. The van der Waals surface area contributed by atoms with Crippen LogP contribution in [0.1, 0.15) is 37.6 Å². The number of carbonyl (C=O) groups excluding carboxylic acids is 1. The highest BCUT2D eigenvalue weighted by molar-refractivity contribution is 6.33. The third-order valence-corrected chi connectivity index (χ3v) is 3.44. The van der Waals surface area contributed by atoms with Crippen LogP contribution in [0.5, 0.6) is 0 Å². The zero-order chi connectivity index (χ0) is 15.3. The SMILES string of the molecule is CCCN(CC(C)(C)CN)C(=O)c1c(F)cccc1Cl. The summed E-state index contributed by atoms with van der Waals surface area (Å²) in [6, 6.07) is 4.26. The van der Waals surface area contributed by atoms with Gasteiger partial charge < -0.3 is 10.6 Å². The number of nitrogens with two attached hydrogens (primary N) is 1. The van der Waals surface area contributed by atoms with Gasteiger partial charge >= 0.3 is 0 Å². The molecule has 5 heteroatoms. The molecule has 20 heavy (non-hydrogen) atoms. The van der Waals surface area contributed by atoms with E-state index in [-0.39, 0.29) is 21.9 Å². The molecule has 0 unspecified atom stereocenters. The minimum Gasteiger partial charge on any atom is -0.338 e. The first kappa shape index (κ1) is 16.9. The van der Waals surface area contributed by atoms with Crippen molar-refractivity contribution in [3.8, 4) is 0 Å². The summed E-state index contributed by atoms with van der Waals surface area (Å²) < 4.78 is 13.9. The van der Waals surface area contributed by atoms with Gasteiger partial charge in [0, 0.05) is 13.1 Å². The Morgan fingerprint density at radius 3 is 2.60 bits per heavy atom. The lowest BCUT2D eigenvalue weighted by Crippen LogP contribution is -2.42. The van der Waals surface area contributed by atoms with Gasteiger partial charge in [0.2, 0.25) is 0 Å². The van der Waals surface area contributed by atoms with E-state index in [1.165, 1.54) is 18.2 Å². The highest BCUT2D eigenvalue weighted by atomic mass is 35.5. The van der Waals surface area contributed by atoms with E-state index in [4.69, 9.17) is 17.3 Å². The Balaban J connectivity index is 3.06. The van der Waals surface area contributed by atoms with Gasteiger partial charge in [-0.15, -0.1) is 0 Å². The van der Waals surface area contributed by atoms with E-state index in [1.54, 1.807) is 4.90 Å². The third-order valence-electron chi connectivity index (χ3n) is 3.13. The van der Waals surface area contributed by atoms with Gasteiger partial charge in [-0.1, -0.05) is 38.4 Å². The number of hydrogen-bond acceptors (Lipinski definition) is 2. The molecule has 1 aromatic rings. The number of nitrogens with zero attached hydrogens (tertiary/aromatic N) is 1. The van der Waals surface area contributed by atoms with Crippen molar-refractivity contribution in [1.82, 2.24) is 4.90 Å². The second kappa shape index (κ2) is 7.04. The van der Waals surface area contributed by atoms with Gasteiger partial charge in [-0.25, -0.2) is 4.39 Å². The van der Waals surface area contributed by atoms with Gasteiger partial charge in [-0.05, 0) is 30.5 Å². The van der Waals surface area contributed by atoms with Gasteiger partial charge in [0.1, 0.15) is 5.82 Å². The lowest BCUT2D eigenvalue weighted by Gasteiger charge is -2.32. The average molecular weight is 301 g/mol. The van der Waals surface area contributed by atoms with Crippen molar-refractivity contribution in [2.75, 3.05) is 19.6 Å². The van der Waals surface area contributed by atoms with Crippen molar-refractivity contribution >= 4 is 17.5 Å². The van der Waals surface area contributed by atoms with Gasteiger partial charge in [-0.3, -0.25) is 4.79 Å². The number of rotatable bonds is 6. The highest BCUT2D eigenvalue weighted by Crippen LogP contribution is 2.23. The number of amides is 1. The standard InChI is InChI=1S/C15H22ClFN2O/c1-4-8-19(10-15(2,3)9-18)14(20)13-11(16)6-5-7-12(13)17/h5-7H,4,8-10,18H2,1-3H3. The molecule has 0 heterocycles. The Kier molecular flexibility index (Phi) is 5.96. The molecule has 0 bridgehead atoms. The second-order valence-corrected chi connectivity index (χ2v) is 6.10. The molecule has 1 rings (SSSR count). The van der Waals surface area contributed by atoms with Crippen molar-refractivity contribution < 1.29 is 9.18 Å². The van der Waals surface area contributed by atoms with Crippen LogP contribution in [-0.4, -0.2) is 30.4 Å². The Bertz CT molecular complexity index is 457. The maximum atomic E-state index is 13.9. The van der Waals surface area contributed by atoms with E-state index < -0.39 is 5.82 Å². The van der Waals surface area contributed by atoms with Crippen LogP contribution in [0.15, 0.2) is 18.2 Å². The second-order valence-electron chi connectivity index (χ2n) is 5.69. The Labute approximate surface area is 124 Å². The van der Waals surface area contributed by atoms with Gasteiger partial charge in [0.25, 0.3) is 5.91 Å². The summed E-state index contributed by atoms with van der Waals surface area (Å²) in [5.41, 5.74) is 5.43. The van der Waals surface area contributed by atoms with Gasteiger partial charge in [0.15, 0.2) is 0 Å². The van der Waals surface area contributed by atoms with Crippen LogP contribution in [0, 0.1) is 11.2 Å². The zero-order valence-corrected chi connectivity index (χ0v) is 13.0. The lowest BCUT2D eigenvalue weighted by molar-refractivity contribution is 0.0685. The van der Waals surface area contributed by atoms with E-state index in [0.717, 1.165) is 6.42 Å². The van der Waals surface area contributed by atoms with E-state index in [9.17, 15) is 9.18 Å². The first-order chi connectivity index (χ1) is 9.32. The minimum atomic E-state index is -0.589. The molecule has 0 aliphatic rings. The first-order valence-electron chi connectivity index (χ1n) is 6.75. The molecule has 0 aliphatic carbocycles. The molecule has 0 aliphatic heterocycles. The first-order valence-corrected chi connectivity index (χ1v) is 7.13. The molecule has 2 N–H and O–H groups in total. The van der Waals surface area contributed by atoms with E-state index in [2.05, 4.69) is 0 Å². The zero-order valence-electron chi connectivity index (χ0n) is 12.2. The molecule has 1 amide bonds. The van der Waals surface area contributed by atoms with Crippen molar-refractivity contribution in [2.45, 2.75) is 27.2 Å². The number of hydrogen-bond donors (Lipinski definition) is 1. The number of halogens is 2. The van der Waals surface area contributed by atoms with E-state index in [1.807, 2.05) is 20.8 Å². The largest absolute Gasteiger partial charge is 0.338 e. The summed E-state index contributed by atoms with van der Waals surface area (Å²) >= 11 is 5.96. The highest BCUT2D eigenvalue weighted by Gasteiger charge is 2.27. The summed E-state index contributed by atoms with van der Waals surface area (Å²) in [6.45, 7) is 7.40. The molecule has 0 saturated heterocycles. The molecule has 112 valence electrons. The number of carbonyl (C=O) groups is 1. The molecule has 1 aromatic carbocycles. The molecule has 0 atom stereocenters. The Hall–Kier alpha value is -1.13. The molecule has 0 aromatic heterocycles. The normalized spacial score (nSPS) is 11.5. The van der Waals surface area contributed by atoms with Crippen LogP contribution < -0.4 is 5.73 Å². The van der Waals surface area contributed by atoms with Crippen molar-refractivity contribution in [1.29, 1.82) is 0 Å². The monoisotopic (exact) mass is 300 g/mol. The average Bonchev–Trinajstić information content (AvgIpc) is 2.37. The van der Waals surface area contributed by atoms with Crippen LogP contribution in [0.4, 0.5) is 4.39 Å². The van der Waals surface area contributed by atoms with Crippen molar-refractivity contribution in [2.24, 2.45) is 11.1 Å². The van der Waals surface area contributed by atoms with E-state index >= 15 is 0 Å². The van der Waals surface area contributed by atoms with Crippen molar-refractivity contribution in [3.05, 3.63) is 34.6 Å². The maximum absolute atomic E-state index is 13.9. The Morgan fingerprint density at radius 1 is 1.45 bits per heavy atom. The quantitative estimate of drug-likeness (QED) is 0.876. The fourth-order valence-corrected chi connectivity index (χ4v) is 2.21. The third kappa shape index (κ3) is 4.18. The predicted molar refractivity (Wildman–Crippen MR) is 80.4 cm³/mol. The lowest BCUT2D eigenvalue weighted by atomic mass is 9.92. The smallest absolute Gasteiger partial charge is 0.258 e. The maximum Gasteiger partial charge on any atom is 0.258 e. The predicted octanol–water partition coefficient (Wildman–Crippen LogP) is 3.32. The van der Waals surface area contributed by atoms with Gasteiger partial charge in [-0.2, -0.15) is 0 Å². The summed E-state index contributed by atoms with van der Waals surface area (Å²) in [6.07, 6.45) is 0.790. The summed E-state index contributed by atoms with van der Waals surface area (Å²) in [5.74, 6) is -0.967. The summed E-state index contributed by atoms with van der Waals surface area (Å²) in [4.78, 5) is 14.2.